The normalized spacial score (nSPS) is 11.9. The van der Waals surface area contributed by atoms with Crippen molar-refractivity contribution in [2.24, 2.45) is 0 Å². The van der Waals surface area contributed by atoms with Crippen molar-refractivity contribution in [1.29, 1.82) is 5.41 Å². The van der Waals surface area contributed by atoms with E-state index in [0.717, 1.165) is 24.8 Å². The van der Waals surface area contributed by atoms with Crippen molar-refractivity contribution in [2.75, 3.05) is 14.8 Å². The lowest BCUT2D eigenvalue weighted by molar-refractivity contribution is 0.558. The number of furan rings is 1. The van der Waals surface area contributed by atoms with Crippen molar-refractivity contribution < 1.29 is 8.81 Å². The summed E-state index contributed by atoms with van der Waals surface area (Å²) in [6.07, 6.45) is 1.36. The molecule has 0 amide bonds. The molecule has 0 fully saturated rings. The van der Waals surface area contributed by atoms with Crippen LogP contribution in [-0.2, 0) is 6.54 Å². The minimum Gasteiger partial charge on any atom is -0.459 e. The van der Waals surface area contributed by atoms with E-state index in [1.807, 2.05) is 30.1 Å². The Kier molecular flexibility index (Phi) is 6.63. The van der Waals surface area contributed by atoms with Crippen LogP contribution in [0.15, 0.2) is 52.9 Å². The second kappa shape index (κ2) is 8.94. The summed E-state index contributed by atoms with van der Waals surface area (Å²) >= 11 is 2.24. The SMILES string of the molecule is CN(C=N)C(=ICI)c1cccc(NCc2cc3cc(F)ccc3o2)c1. The van der Waals surface area contributed by atoms with Crippen molar-refractivity contribution in [3.8, 4) is 0 Å². The van der Waals surface area contributed by atoms with E-state index in [1.54, 1.807) is 6.07 Å². The summed E-state index contributed by atoms with van der Waals surface area (Å²) in [5, 5.41) is 11.7. The third-order valence-corrected chi connectivity index (χ3v) is 8.11. The van der Waals surface area contributed by atoms with E-state index in [0.29, 0.717) is 12.1 Å². The van der Waals surface area contributed by atoms with Crippen molar-refractivity contribution in [1.82, 2.24) is 4.90 Å². The average Bonchev–Trinajstić information content (AvgIpc) is 3.06. The molecule has 0 bridgehead atoms. The molecule has 2 N–H and O–H groups in total. The van der Waals surface area contributed by atoms with Gasteiger partial charge in [0.2, 0.25) is 0 Å². The first kappa shape index (κ1) is 19.3. The summed E-state index contributed by atoms with van der Waals surface area (Å²) in [6.45, 7) is 0.525. The Morgan fingerprint density at radius 2 is 2.15 bits per heavy atom. The molecule has 2 aromatic carbocycles. The van der Waals surface area contributed by atoms with Crippen LogP contribution in [0.3, 0.4) is 0 Å². The van der Waals surface area contributed by atoms with Gasteiger partial charge in [-0.15, -0.1) is 0 Å². The molecule has 0 saturated carbocycles. The van der Waals surface area contributed by atoms with Gasteiger partial charge in [-0.2, -0.15) is 0 Å². The minimum atomic E-state index is -0.262. The van der Waals surface area contributed by atoms with Gasteiger partial charge in [-0.05, 0) is 36.4 Å². The van der Waals surface area contributed by atoms with Crippen molar-refractivity contribution in [3.63, 3.8) is 0 Å². The topological polar surface area (TPSA) is 52.3 Å². The molecule has 1 heterocycles. The maximum atomic E-state index is 13.3. The lowest BCUT2D eigenvalue weighted by Crippen LogP contribution is -2.24. The van der Waals surface area contributed by atoms with E-state index in [9.17, 15) is 4.39 Å². The highest BCUT2D eigenvalue weighted by Gasteiger charge is 2.08. The Hall–Kier alpha value is -1.49. The molecule has 0 spiro atoms. The number of halogens is 3. The van der Waals surface area contributed by atoms with Gasteiger partial charge in [-0.25, -0.2) is 4.39 Å². The monoisotopic (exact) mass is 577 g/mol. The Balaban J connectivity index is 1.77. The number of nitrogens with zero attached hydrogens (tertiary/aromatic N) is 1. The molecule has 0 atom stereocenters. The number of rotatable bonds is 7. The first-order valence-corrected chi connectivity index (χ1v) is 12.0. The zero-order valence-corrected chi connectivity index (χ0v) is 18.4. The Morgan fingerprint density at radius 1 is 1.31 bits per heavy atom. The van der Waals surface area contributed by atoms with Gasteiger partial charge in [-0.1, -0.05) is 55.5 Å². The third-order valence-electron chi connectivity index (χ3n) is 3.78. The number of hydrogen-bond donors (Lipinski definition) is 2. The van der Waals surface area contributed by atoms with Crippen LogP contribution in [0.5, 0.6) is 0 Å². The highest BCUT2D eigenvalue weighted by Crippen LogP contribution is 2.22. The fourth-order valence-corrected chi connectivity index (χ4v) is 6.14. The fraction of sp³-hybridized carbons (Fsp3) is 0.158. The Bertz CT molecular complexity index is 955. The summed E-state index contributed by atoms with van der Waals surface area (Å²) in [5.41, 5.74) is 2.81. The zero-order valence-electron chi connectivity index (χ0n) is 14.1. The van der Waals surface area contributed by atoms with Crippen LogP contribution < -0.4 is 5.32 Å². The number of benzene rings is 2. The largest absolute Gasteiger partial charge is 0.459 e. The highest BCUT2D eigenvalue weighted by atomic mass is 127. The summed E-state index contributed by atoms with van der Waals surface area (Å²) < 4.78 is 21.4. The molecule has 1 aromatic heterocycles. The minimum absolute atomic E-state index is 0.152. The molecule has 0 unspecified atom stereocenters. The molecule has 4 nitrogen and oxygen atoms in total. The smallest absolute Gasteiger partial charge is 0.134 e. The van der Waals surface area contributed by atoms with E-state index in [2.05, 4.69) is 40.0 Å². The van der Waals surface area contributed by atoms with Gasteiger partial charge in [0.15, 0.2) is 0 Å². The highest BCUT2D eigenvalue weighted by molar-refractivity contribution is 14.2. The van der Waals surface area contributed by atoms with E-state index in [-0.39, 0.29) is 26.5 Å². The van der Waals surface area contributed by atoms with Gasteiger partial charge in [-0.3, -0.25) is 5.41 Å². The maximum absolute atomic E-state index is 13.3. The lowest BCUT2D eigenvalue weighted by Gasteiger charge is -2.17. The molecule has 3 rings (SSSR count). The number of alkyl halides is 2. The molecule has 3 aromatic rings. The van der Waals surface area contributed by atoms with Crippen LogP contribution in [0.25, 0.3) is 11.0 Å². The van der Waals surface area contributed by atoms with Crippen molar-refractivity contribution in [3.05, 3.63) is 65.7 Å². The fourth-order valence-electron chi connectivity index (χ4n) is 2.58. The summed E-state index contributed by atoms with van der Waals surface area (Å²) in [5.74, 6) is 0.499. The average molecular weight is 577 g/mol. The number of anilines is 1. The van der Waals surface area contributed by atoms with Crippen LogP contribution >= 0.6 is 43.3 Å². The summed E-state index contributed by atoms with van der Waals surface area (Å²) in [7, 11) is 1.92. The van der Waals surface area contributed by atoms with Gasteiger partial charge in [0.25, 0.3) is 0 Å². The number of hydrogen-bond acceptors (Lipinski definition) is 3. The summed E-state index contributed by atoms with van der Waals surface area (Å²) in [6, 6.07) is 14.6. The Morgan fingerprint density at radius 3 is 2.92 bits per heavy atom. The molecular formula is C19H18FI2N3O. The number of nitrogens with one attached hydrogen (secondary N) is 2. The zero-order chi connectivity index (χ0) is 18.5. The summed E-state index contributed by atoms with van der Waals surface area (Å²) in [4.78, 5) is 1.89. The van der Waals surface area contributed by atoms with Gasteiger partial charge in [0.1, 0.15) is 17.2 Å². The molecular weight excluding hydrogens is 559 g/mol. The molecule has 7 heteroatoms. The van der Waals surface area contributed by atoms with Gasteiger partial charge < -0.3 is 14.6 Å². The van der Waals surface area contributed by atoms with E-state index in [4.69, 9.17) is 9.83 Å². The van der Waals surface area contributed by atoms with Gasteiger partial charge in [0.05, 0.1) is 16.5 Å². The van der Waals surface area contributed by atoms with Crippen molar-refractivity contribution in [2.45, 2.75) is 6.54 Å². The molecule has 26 heavy (non-hydrogen) atoms. The van der Waals surface area contributed by atoms with Crippen LogP contribution in [0, 0.1) is 11.2 Å². The standard InChI is InChI=1S/C19H18FI2N3O/c1-25(12-23)19(22-11-21)13-3-2-4-16(8-13)24-10-17-9-14-7-15(20)5-6-18(14)26-17/h2-9,12,23-24H,10-11H2,1H3. The van der Waals surface area contributed by atoms with Crippen LogP contribution in [0.2, 0.25) is 0 Å². The number of fused-ring (bicyclic) bond motifs is 1. The molecule has 0 aliphatic rings. The first-order chi connectivity index (χ1) is 12.6. The van der Waals surface area contributed by atoms with Crippen LogP contribution in [0.1, 0.15) is 11.3 Å². The predicted octanol–water partition coefficient (Wildman–Crippen LogP) is 5.56. The van der Waals surface area contributed by atoms with Gasteiger partial charge in [0, 0.05) is 26.1 Å². The maximum Gasteiger partial charge on any atom is 0.134 e. The molecule has 0 aliphatic carbocycles. The second-order valence-corrected chi connectivity index (χ2v) is 11.8. The molecule has 0 aliphatic heterocycles. The molecule has 0 saturated heterocycles. The van der Waals surface area contributed by atoms with E-state index < -0.39 is 0 Å². The van der Waals surface area contributed by atoms with E-state index >= 15 is 0 Å². The van der Waals surface area contributed by atoms with E-state index in [1.165, 1.54) is 22.1 Å². The second-order valence-electron chi connectivity index (χ2n) is 5.59. The Labute approximate surface area is 175 Å². The van der Waals surface area contributed by atoms with Crippen LogP contribution in [0.4, 0.5) is 10.1 Å². The van der Waals surface area contributed by atoms with Gasteiger partial charge >= 0.3 is 0 Å². The first-order valence-electron chi connectivity index (χ1n) is 7.88. The third kappa shape index (κ3) is 4.61. The molecule has 0 radical (unpaired) electrons. The lowest BCUT2D eigenvalue weighted by atomic mass is 10.2. The van der Waals surface area contributed by atoms with Crippen LogP contribution in [-0.4, -0.2) is 24.4 Å². The predicted molar refractivity (Wildman–Crippen MR) is 124 cm³/mol. The van der Waals surface area contributed by atoms with Crippen molar-refractivity contribution >= 4 is 69.9 Å². The molecule has 136 valence electrons. The quantitative estimate of drug-likeness (QED) is 0.167.